The number of carbonyl (C=O) groups is 1. The summed E-state index contributed by atoms with van der Waals surface area (Å²) in [6.07, 6.45) is 8.44. The third-order valence-corrected chi connectivity index (χ3v) is 3.44. The van der Waals surface area contributed by atoms with Gasteiger partial charge in [0.2, 0.25) is 0 Å². The predicted molar refractivity (Wildman–Crippen MR) is 67.8 cm³/mol. The number of aromatic nitrogens is 1. The van der Waals surface area contributed by atoms with E-state index in [4.69, 9.17) is 0 Å². The smallest absolute Gasteiger partial charge is 0.132 e. The number of ketones is 1. The molecule has 1 aromatic heterocycles. The van der Waals surface area contributed by atoms with Gasteiger partial charge < -0.3 is 5.32 Å². The number of nitrogens with zero attached hydrogens (tertiary/aromatic N) is 1. The molecule has 0 aliphatic heterocycles. The minimum atomic E-state index is 0.443. The second-order valence-electron chi connectivity index (χ2n) is 4.79. The standard InChI is InChI=1S/C14H20N2O/c17-14-3-1-13(2-4-14)11-16-10-7-12-5-8-15-9-6-12/h5-6,8-9,13,16H,1-4,7,10-11H2. The van der Waals surface area contributed by atoms with Crippen LogP contribution in [0.2, 0.25) is 0 Å². The Bertz CT molecular complexity index is 340. The monoisotopic (exact) mass is 232 g/mol. The van der Waals surface area contributed by atoms with Crippen LogP contribution in [0.5, 0.6) is 0 Å². The van der Waals surface area contributed by atoms with Gasteiger partial charge in [0.1, 0.15) is 5.78 Å². The van der Waals surface area contributed by atoms with E-state index in [1.807, 2.05) is 12.4 Å². The van der Waals surface area contributed by atoms with Gasteiger partial charge in [0, 0.05) is 25.2 Å². The van der Waals surface area contributed by atoms with Crippen molar-refractivity contribution in [2.45, 2.75) is 32.1 Å². The number of rotatable bonds is 5. The van der Waals surface area contributed by atoms with Crippen molar-refractivity contribution in [1.82, 2.24) is 10.3 Å². The van der Waals surface area contributed by atoms with E-state index in [-0.39, 0.29) is 0 Å². The van der Waals surface area contributed by atoms with Gasteiger partial charge in [-0.3, -0.25) is 9.78 Å². The van der Waals surface area contributed by atoms with Crippen molar-refractivity contribution < 1.29 is 4.79 Å². The van der Waals surface area contributed by atoms with Gasteiger partial charge in [-0.15, -0.1) is 0 Å². The summed E-state index contributed by atoms with van der Waals surface area (Å²) in [6, 6.07) is 4.11. The molecule has 0 bridgehead atoms. The largest absolute Gasteiger partial charge is 0.316 e. The van der Waals surface area contributed by atoms with Gasteiger partial charge in [0.25, 0.3) is 0 Å². The average molecular weight is 232 g/mol. The van der Waals surface area contributed by atoms with Crippen molar-refractivity contribution in [2.24, 2.45) is 5.92 Å². The Morgan fingerprint density at radius 2 is 1.94 bits per heavy atom. The van der Waals surface area contributed by atoms with E-state index < -0.39 is 0 Å². The van der Waals surface area contributed by atoms with Gasteiger partial charge in [-0.1, -0.05) is 0 Å². The number of carbonyl (C=O) groups excluding carboxylic acids is 1. The molecule has 1 heterocycles. The molecule has 1 saturated carbocycles. The van der Waals surface area contributed by atoms with E-state index >= 15 is 0 Å². The highest BCUT2D eigenvalue weighted by molar-refractivity contribution is 5.79. The van der Waals surface area contributed by atoms with E-state index in [9.17, 15) is 4.79 Å². The molecule has 1 N–H and O–H groups in total. The van der Waals surface area contributed by atoms with Crippen molar-refractivity contribution in [2.75, 3.05) is 13.1 Å². The number of hydrogen-bond donors (Lipinski definition) is 1. The van der Waals surface area contributed by atoms with Crippen molar-refractivity contribution >= 4 is 5.78 Å². The van der Waals surface area contributed by atoms with Crippen molar-refractivity contribution in [3.05, 3.63) is 30.1 Å². The Labute approximate surface area is 103 Å². The van der Waals surface area contributed by atoms with Gasteiger partial charge in [-0.05, 0) is 56.0 Å². The maximum atomic E-state index is 11.1. The molecule has 92 valence electrons. The molecule has 0 amide bonds. The van der Waals surface area contributed by atoms with Crippen LogP contribution >= 0.6 is 0 Å². The lowest BCUT2D eigenvalue weighted by Gasteiger charge is -2.21. The van der Waals surface area contributed by atoms with Crippen molar-refractivity contribution in [3.63, 3.8) is 0 Å². The molecule has 3 heteroatoms. The molecule has 0 atom stereocenters. The van der Waals surface area contributed by atoms with Gasteiger partial charge in [-0.2, -0.15) is 0 Å². The topological polar surface area (TPSA) is 42.0 Å². The fourth-order valence-corrected chi connectivity index (χ4v) is 2.29. The summed E-state index contributed by atoms with van der Waals surface area (Å²) in [7, 11) is 0. The zero-order valence-corrected chi connectivity index (χ0v) is 10.2. The SMILES string of the molecule is O=C1CCC(CNCCc2ccncc2)CC1. The van der Waals surface area contributed by atoms with Crippen LogP contribution in [0.1, 0.15) is 31.2 Å². The quantitative estimate of drug-likeness (QED) is 0.789. The summed E-state index contributed by atoms with van der Waals surface area (Å²) in [5.74, 6) is 1.14. The van der Waals surface area contributed by atoms with Crippen LogP contribution in [-0.2, 0) is 11.2 Å². The Hall–Kier alpha value is -1.22. The first-order chi connectivity index (χ1) is 8.34. The zero-order valence-electron chi connectivity index (χ0n) is 10.2. The molecule has 0 saturated heterocycles. The first-order valence-electron chi connectivity index (χ1n) is 6.46. The van der Waals surface area contributed by atoms with Gasteiger partial charge in [-0.25, -0.2) is 0 Å². The van der Waals surface area contributed by atoms with Crippen LogP contribution in [0, 0.1) is 5.92 Å². The maximum absolute atomic E-state index is 11.1. The molecule has 1 aliphatic carbocycles. The van der Waals surface area contributed by atoms with Crippen molar-refractivity contribution in [1.29, 1.82) is 0 Å². The molecule has 1 fully saturated rings. The van der Waals surface area contributed by atoms with E-state index in [1.165, 1.54) is 5.56 Å². The molecule has 0 radical (unpaired) electrons. The Balaban J connectivity index is 1.59. The highest BCUT2D eigenvalue weighted by Gasteiger charge is 2.17. The predicted octanol–water partition coefficient (Wildman–Crippen LogP) is 1.97. The lowest BCUT2D eigenvalue weighted by molar-refractivity contribution is -0.120. The average Bonchev–Trinajstić information content (AvgIpc) is 2.38. The van der Waals surface area contributed by atoms with Gasteiger partial charge in [0.15, 0.2) is 0 Å². The molecule has 1 aromatic rings. The van der Waals surface area contributed by atoms with Crippen LogP contribution in [0.25, 0.3) is 0 Å². The summed E-state index contributed by atoms with van der Waals surface area (Å²) >= 11 is 0. The summed E-state index contributed by atoms with van der Waals surface area (Å²) < 4.78 is 0. The molecule has 1 aliphatic rings. The number of nitrogens with one attached hydrogen (secondary N) is 1. The van der Waals surface area contributed by atoms with E-state index in [1.54, 1.807) is 0 Å². The number of hydrogen-bond acceptors (Lipinski definition) is 3. The van der Waals surface area contributed by atoms with Crippen LogP contribution in [0.3, 0.4) is 0 Å². The summed E-state index contributed by atoms with van der Waals surface area (Å²) in [6.45, 7) is 2.06. The molecule has 0 aromatic carbocycles. The summed E-state index contributed by atoms with van der Waals surface area (Å²) in [4.78, 5) is 15.1. The van der Waals surface area contributed by atoms with E-state index in [0.29, 0.717) is 11.7 Å². The molecular weight excluding hydrogens is 212 g/mol. The Morgan fingerprint density at radius 1 is 1.24 bits per heavy atom. The van der Waals surface area contributed by atoms with Crippen molar-refractivity contribution in [3.8, 4) is 0 Å². The minimum Gasteiger partial charge on any atom is -0.316 e. The maximum Gasteiger partial charge on any atom is 0.132 e. The summed E-state index contributed by atoms with van der Waals surface area (Å²) in [5, 5.41) is 3.49. The molecular formula is C14H20N2O. The first kappa shape index (κ1) is 12.2. The second kappa shape index (κ2) is 6.50. The fourth-order valence-electron chi connectivity index (χ4n) is 2.29. The normalized spacial score (nSPS) is 17.3. The lowest BCUT2D eigenvalue weighted by atomic mass is 9.88. The van der Waals surface area contributed by atoms with E-state index in [0.717, 1.165) is 45.2 Å². The lowest BCUT2D eigenvalue weighted by Crippen LogP contribution is -2.28. The van der Waals surface area contributed by atoms with Gasteiger partial charge >= 0.3 is 0 Å². The van der Waals surface area contributed by atoms with Crippen LogP contribution in [-0.4, -0.2) is 23.9 Å². The molecule has 2 rings (SSSR count). The number of pyridine rings is 1. The Morgan fingerprint density at radius 3 is 2.65 bits per heavy atom. The second-order valence-corrected chi connectivity index (χ2v) is 4.79. The minimum absolute atomic E-state index is 0.443. The zero-order chi connectivity index (χ0) is 11.9. The molecule has 0 spiro atoms. The van der Waals surface area contributed by atoms with Gasteiger partial charge in [0.05, 0.1) is 0 Å². The highest BCUT2D eigenvalue weighted by atomic mass is 16.1. The third-order valence-electron chi connectivity index (χ3n) is 3.44. The molecule has 17 heavy (non-hydrogen) atoms. The van der Waals surface area contributed by atoms with E-state index in [2.05, 4.69) is 22.4 Å². The molecule has 0 unspecified atom stereocenters. The van der Waals surface area contributed by atoms with Crippen LogP contribution in [0.4, 0.5) is 0 Å². The number of Topliss-reactive ketones (excluding diaryl/α,β-unsaturated/α-hetero) is 1. The summed E-state index contributed by atoms with van der Waals surface area (Å²) in [5.41, 5.74) is 1.33. The Kier molecular flexibility index (Phi) is 4.68. The van der Waals surface area contributed by atoms with Crippen LogP contribution in [0.15, 0.2) is 24.5 Å². The highest BCUT2D eigenvalue weighted by Crippen LogP contribution is 2.20. The first-order valence-corrected chi connectivity index (χ1v) is 6.46. The molecule has 3 nitrogen and oxygen atoms in total. The van der Waals surface area contributed by atoms with Crippen LogP contribution < -0.4 is 5.32 Å². The third kappa shape index (κ3) is 4.27. The fraction of sp³-hybridized carbons (Fsp3) is 0.571.